The zero-order valence-corrected chi connectivity index (χ0v) is 10.9. The summed E-state index contributed by atoms with van der Waals surface area (Å²) in [5.41, 5.74) is 0.556. The van der Waals surface area contributed by atoms with E-state index in [0.717, 1.165) is 25.9 Å². The van der Waals surface area contributed by atoms with Gasteiger partial charge in [0.05, 0.1) is 0 Å². The predicted octanol–water partition coefficient (Wildman–Crippen LogP) is 2.39. The lowest BCUT2D eigenvalue weighted by atomic mass is 9.84. The second-order valence-corrected chi connectivity index (χ2v) is 5.62. The van der Waals surface area contributed by atoms with Crippen molar-refractivity contribution < 1.29 is 4.79 Å². The topological polar surface area (TPSA) is 46.1 Å². The Labute approximate surface area is 106 Å². The number of hydrogen-bond acceptors (Lipinski definition) is 3. The predicted molar refractivity (Wildman–Crippen MR) is 66.0 cm³/mol. The van der Waals surface area contributed by atoms with Crippen LogP contribution in [0.5, 0.6) is 0 Å². The maximum Gasteiger partial charge on any atom is 0.274 e. The summed E-state index contributed by atoms with van der Waals surface area (Å²) in [6.07, 6.45) is 2.20. The van der Waals surface area contributed by atoms with Gasteiger partial charge in [0, 0.05) is 13.1 Å². The molecule has 0 atom stereocenters. The van der Waals surface area contributed by atoms with Crippen molar-refractivity contribution in [3.8, 4) is 0 Å². The summed E-state index contributed by atoms with van der Waals surface area (Å²) in [7, 11) is 0. The van der Waals surface area contributed by atoms with Crippen LogP contribution >= 0.6 is 11.6 Å². The van der Waals surface area contributed by atoms with Gasteiger partial charge in [-0.1, -0.05) is 25.4 Å². The number of amides is 1. The Kier molecular flexibility index (Phi) is 3.33. The highest BCUT2D eigenvalue weighted by atomic mass is 35.5. The molecule has 1 saturated heterocycles. The van der Waals surface area contributed by atoms with Crippen LogP contribution in [0.2, 0.25) is 5.15 Å². The summed E-state index contributed by atoms with van der Waals surface area (Å²) in [5, 5.41) is 7.83. The molecule has 1 fully saturated rings. The van der Waals surface area contributed by atoms with Crippen LogP contribution in [0, 0.1) is 5.41 Å². The zero-order chi connectivity index (χ0) is 12.5. The lowest BCUT2D eigenvalue weighted by molar-refractivity contribution is 0.0576. The van der Waals surface area contributed by atoms with Crippen LogP contribution in [-0.4, -0.2) is 34.1 Å². The van der Waals surface area contributed by atoms with Gasteiger partial charge in [-0.05, 0) is 30.4 Å². The molecule has 0 radical (unpaired) electrons. The van der Waals surface area contributed by atoms with Gasteiger partial charge in [0.1, 0.15) is 0 Å². The van der Waals surface area contributed by atoms with E-state index >= 15 is 0 Å². The molecule has 1 aliphatic rings. The molecule has 1 amide bonds. The first-order chi connectivity index (χ1) is 7.98. The summed E-state index contributed by atoms with van der Waals surface area (Å²) in [6.45, 7) is 5.93. The van der Waals surface area contributed by atoms with Crippen molar-refractivity contribution >= 4 is 17.5 Å². The van der Waals surface area contributed by atoms with E-state index in [-0.39, 0.29) is 11.3 Å². The average Bonchev–Trinajstić information content (AvgIpc) is 2.28. The lowest BCUT2D eigenvalue weighted by Gasteiger charge is -2.37. The van der Waals surface area contributed by atoms with Crippen LogP contribution in [-0.2, 0) is 0 Å². The van der Waals surface area contributed by atoms with Crippen LogP contribution < -0.4 is 0 Å². The third kappa shape index (κ3) is 2.94. The van der Waals surface area contributed by atoms with Crippen LogP contribution in [0.3, 0.4) is 0 Å². The van der Waals surface area contributed by atoms with Gasteiger partial charge in [-0.25, -0.2) is 0 Å². The van der Waals surface area contributed by atoms with Crippen molar-refractivity contribution in [2.45, 2.75) is 26.7 Å². The normalized spacial score (nSPS) is 19.1. The highest BCUT2D eigenvalue weighted by Gasteiger charge is 2.30. The minimum atomic E-state index is -0.0538. The van der Waals surface area contributed by atoms with Crippen molar-refractivity contribution in [3.05, 3.63) is 23.0 Å². The molecule has 0 bridgehead atoms. The standard InChI is InChI=1S/C12H16ClN3O/c1-12(2)6-3-7-16(8-12)11(17)9-4-5-10(13)15-14-9/h4-5H,3,6-8H2,1-2H3. The van der Waals surface area contributed by atoms with Crippen molar-refractivity contribution in [3.63, 3.8) is 0 Å². The molecule has 2 heterocycles. The van der Waals surface area contributed by atoms with E-state index < -0.39 is 0 Å². The van der Waals surface area contributed by atoms with Crippen molar-refractivity contribution in [2.24, 2.45) is 5.41 Å². The summed E-state index contributed by atoms with van der Waals surface area (Å²) in [4.78, 5) is 14.0. The molecule has 0 spiro atoms. The molecule has 5 heteroatoms. The molecular weight excluding hydrogens is 238 g/mol. The Morgan fingerprint density at radius 2 is 2.18 bits per heavy atom. The van der Waals surface area contributed by atoms with E-state index in [4.69, 9.17) is 11.6 Å². The molecule has 0 aliphatic carbocycles. The summed E-state index contributed by atoms with van der Waals surface area (Å²) < 4.78 is 0. The maximum atomic E-state index is 12.2. The number of piperidine rings is 1. The van der Waals surface area contributed by atoms with Gasteiger partial charge in [-0.15, -0.1) is 10.2 Å². The molecule has 0 saturated carbocycles. The fraction of sp³-hybridized carbons (Fsp3) is 0.583. The third-order valence-corrected chi connectivity index (χ3v) is 3.24. The number of hydrogen-bond donors (Lipinski definition) is 0. The van der Waals surface area contributed by atoms with Gasteiger partial charge in [-0.3, -0.25) is 4.79 Å². The first-order valence-electron chi connectivity index (χ1n) is 5.76. The van der Waals surface area contributed by atoms with Crippen molar-refractivity contribution in [2.75, 3.05) is 13.1 Å². The maximum absolute atomic E-state index is 12.2. The molecule has 0 unspecified atom stereocenters. The summed E-state index contributed by atoms with van der Waals surface area (Å²) >= 11 is 5.65. The smallest absolute Gasteiger partial charge is 0.274 e. The van der Waals surface area contributed by atoms with Gasteiger partial charge in [0.2, 0.25) is 0 Å². The van der Waals surface area contributed by atoms with E-state index in [1.807, 2.05) is 4.90 Å². The number of halogens is 1. The number of aromatic nitrogens is 2. The Hall–Kier alpha value is -1.16. The monoisotopic (exact) mass is 253 g/mol. The summed E-state index contributed by atoms with van der Waals surface area (Å²) in [6, 6.07) is 3.22. The van der Waals surface area contributed by atoms with E-state index in [1.165, 1.54) is 0 Å². The first-order valence-corrected chi connectivity index (χ1v) is 6.14. The molecule has 17 heavy (non-hydrogen) atoms. The largest absolute Gasteiger partial charge is 0.337 e. The summed E-state index contributed by atoms with van der Waals surface area (Å²) in [5.74, 6) is -0.0538. The van der Waals surface area contributed by atoms with Crippen LogP contribution in [0.25, 0.3) is 0 Å². The van der Waals surface area contributed by atoms with E-state index in [9.17, 15) is 4.79 Å². The fourth-order valence-corrected chi connectivity index (χ4v) is 2.29. The Balaban J connectivity index is 2.12. The van der Waals surface area contributed by atoms with Crippen LogP contribution in [0.1, 0.15) is 37.2 Å². The molecule has 1 aliphatic heterocycles. The Morgan fingerprint density at radius 1 is 1.41 bits per heavy atom. The Bertz CT molecular complexity index is 416. The van der Waals surface area contributed by atoms with Gasteiger partial charge in [0.25, 0.3) is 5.91 Å². The second kappa shape index (κ2) is 4.61. The molecule has 1 aromatic rings. The van der Waals surface area contributed by atoms with E-state index in [1.54, 1.807) is 12.1 Å². The first kappa shape index (κ1) is 12.3. The van der Waals surface area contributed by atoms with Gasteiger partial charge >= 0.3 is 0 Å². The number of nitrogens with zero attached hydrogens (tertiary/aromatic N) is 3. The fourth-order valence-electron chi connectivity index (χ4n) is 2.19. The molecule has 92 valence electrons. The minimum absolute atomic E-state index is 0.0538. The molecular formula is C12H16ClN3O. The van der Waals surface area contributed by atoms with E-state index in [2.05, 4.69) is 24.0 Å². The van der Waals surface area contributed by atoms with Crippen molar-refractivity contribution in [1.29, 1.82) is 0 Å². The molecule has 2 rings (SSSR count). The van der Waals surface area contributed by atoms with Gasteiger partial charge in [-0.2, -0.15) is 0 Å². The number of rotatable bonds is 1. The second-order valence-electron chi connectivity index (χ2n) is 5.24. The highest BCUT2D eigenvalue weighted by molar-refractivity contribution is 6.29. The van der Waals surface area contributed by atoms with Crippen molar-refractivity contribution in [1.82, 2.24) is 15.1 Å². The quantitative estimate of drug-likeness (QED) is 0.772. The highest BCUT2D eigenvalue weighted by Crippen LogP contribution is 2.28. The lowest BCUT2D eigenvalue weighted by Crippen LogP contribution is -2.43. The molecule has 4 nitrogen and oxygen atoms in total. The SMILES string of the molecule is CC1(C)CCCN(C(=O)c2ccc(Cl)nn2)C1. The number of carbonyl (C=O) groups is 1. The Morgan fingerprint density at radius 3 is 2.76 bits per heavy atom. The third-order valence-electron chi connectivity index (χ3n) is 3.04. The number of likely N-dealkylation sites (tertiary alicyclic amines) is 1. The molecule has 0 aromatic carbocycles. The van der Waals surface area contributed by atoms with Gasteiger partial charge in [0.15, 0.2) is 10.8 Å². The van der Waals surface area contributed by atoms with E-state index in [0.29, 0.717) is 10.8 Å². The van der Waals surface area contributed by atoms with Crippen LogP contribution in [0.15, 0.2) is 12.1 Å². The van der Waals surface area contributed by atoms with Gasteiger partial charge < -0.3 is 4.90 Å². The zero-order valence-electron chi connectivity index (χ0n) is 10.1. The molecule has 1 aromatic heterocycles. The van der Waals surface area contributed by atoms with Crippen LogP contribution in [0.4, 0.5) is 0 Å². The number of carbonyl (C=O) groups excluding carboxylic acids is 1. The molecule has 0 N–H and O–H groups in total. The minimum Gasteiger partial charge on any atom is -0.337 e. The average molecular weight is 254 g/mol.